The topological polar surface area (TPSA) is 90.8 Å². The fraction of sp³-hybridized carbons (Fsp3) is 0.222. The predicted octanol–water partition coefficient (Wildman–Crippen LogP) is 5.60. The fourth-order valence-electron chi connectivity index (χ4n) is 5.07. The Kier molecular flexibility index (Phi) is 5.03. The number of para-hydroxylation sites is 1. The monoisotopic (exact) mass is 529 g/mol. The zero-order chi connectivity index (χ0) is 26.9. The minimum Gasteiger partial charge on any atom is -0.363 e. The predicted molar refractivity (Wildman–Crippen MR) is 139 cm³/mol. The van der Waals surface area contributed by atoms with E-state index in [1.807, 2.05) is 62.4 Å². The van der Waals surface area contributed by atoms with E-state index >= 15 is 0 Å². The molecule has 1 aliphatic rings. The Morgan fingerprint density at radius 2 is 1.77 bits per heavy atom. The molecular weight excluding hydrogens is 507 g/mol. The van der Waals surface area contributed by atoms with Gasteiger partial charge in [0.1, 0.15) is 17.8 Å². The number of aryl methyl sites for hydroxylation is 2. The van der Waals surface area contributed by atoms with Crippen LogP contribution in [-0.2, 0) is 0 Å². The normalized spacial score (nSPS) is 17.5. The third kappa shape index (κ3) is 3.82. The number of aromatic nitrogens is 8. The van der Waals surface area contributed by atoms with Crippen molar-refractivity contribution in [1.82, 2.24) is 39.1 Å². The summed E-state index contributed by atoms with van der Waals surface area (Å²) in [5.74, 6) is 0.463. The largest absolute Gasteiger partial charge is 0.410 e. The lowest BCUT2D eigenvalue weighted by atomic mass is 9.94. The van der Waals surface area contributed by atoms with Crippen molar-refractivity contribution in [3.05, 3.63) is 83.8 Å². The Labute approximate surface area is 219 Å². The van der Waals surface area contributed by atoms with E-state index in [0.29, 0.717) is 16.7 Å². The Morgan fingerprint density at radius 1 is 0.949 bits per heavy atom. The Bertz CT molecular complexity index is 1850. The first-order valence-corrected chi connectivity index (χ1v) is 12.4. The highest BCUT2D eigenvalue weighted by molar-refractivity contribution is 5.89. The van der Waals surface area contributed by atoms with E-state index in [0.717, 1.165) is 27.1 Å². The third-order valence-corrected chi connectivity index (χ3v) is 7.26. The average Bonchev–Trinajstić information content (AvgIpc) is 3.65. The Morgan fingerprint density at radius 3 is 2.54 bits per heavy atom. The molecule has 7 rings (SSSR count). The van der Waals surface area contributed by atoms with Crippen molar-refractivity contribution >= 4 is 22.5 Å². The molecule has 1 aliphatic heterocycles. The van der Waals surface area contributed by atoms with E-state index in [9.17, 15) is 13.2 Å². The number of anilines is 1. The maximum absolute atomic E-state index is 14.2. The summed E-state index contributed by atoms with van der Waals surface area (Å²) in [5.41, 5.74) is 5.07. The van der Waals surface area contributed by atoms with E-state index in [2.05, 4.69) is 30.6 Å². The van der Waals surface area contributed by atoms with Gasteiger partial charge in [-0.2, -0.15) is 23.4 Å². The van der Waals surface area contributed by atoms with Gasteiger partial charge in [-0.1, -0.05) is 36.4 Å². The summed E-state index contributed by atoms with van der Waals surface area (Å²) in [6.07, 6.45) is -1.50. The first kappa shape index (κ1) is 23.4. The van der Waals surface area contributed by atoms with Gasteiger partial charge in [-0.15, -0.1) is 5.10 Å². The van der Waals surface area contributed by atoms with Gasteiger partial charge >= 0.3 is 6.18 Å². The number of nitrogens with one attached hydrogen (secondary N) is 1. The van der Waals surface area contributed by atoms with Crippen molar-refractivity contribution < 1.29 is 13.2 Å². The Balaban J connectivity index is 1.30. The number of hydrogen-bond donors (Lipinski definition) is 1. The summed E-state index contributed by atoms with van der Waals surface area (Å²) in [6, 6.07) is 14.6. The molecule has 9 nitrogen and oxygen atoms in total. The van der Waals surface area contributed by atoms with Gasteiger partial charge in [-0.25, -0.2) is 23.8 Å². The summed E-state index contributed by atoms with van der Waals surface area (Å²) in [5, 5.41) is 17.1. The first-order valence-electron chi connectivity index (χ1n) is 12.4. The summed E-state index contributed by atoms with van der Waals surface area (Å²) < 4.78 is 46.8. The average molecular weight is 530 g/mol. The number of fused-ring (bicyclic) bond motifs is 4. The molecule has 0 amide bonds. The van der Waals surface area contributed by atoms with Crippen LogP contribution < -0.4 is 5.32 Å². The van der Waals surface area contributed by atoms with Gasteiger partial charge in [0.15, 0.2) is 17.3 Å². The van der Waals surface area contributed by atoms with Crippen LogP contribution in [0, 0.1) is 13.8 Å². The highest BCUT2D eigenvalue weighted by atomic mass is 19.4. The second-order valence-corrected chi connectivity index (χ2v) is 9.77. The molecule has 0 saturated heterocycles. The molecule has 6 aromatic rings. The van der Waals surface area contributed by atoms with Crippen molar-refractivity contribution in [1.29, 1.82) is 0 Å². The van der Waals surface area contributed by atoms with Crippen LogP contribution in [0.25, 0.3) is 33.9 Å². The van der Waals surface area contributed by atoms with Gasteiger partial charge in [0, 0.05) is 12.5 Å². The lowest BCUT2D eigenvalue weighted by molar-refractivity contribution is -0.173. The van der Waals surface area contributed by atoms with Crippen LogP contribution in [-0.4, -0.2) is 45.3 Å². The summed E-state index contributed by atoms with van der Waals surface area (Å²) in [4.78, 5) is 9.11. The minimum absolute atomic E-state index is 0.179. The molecule has 0 aliphatic carbocycles. The molecule has 39 heavy (non-hydrogen) atoms. The maximum Gasteiger partial charge on any atom is 0.410 e. The van der Waals surface area contributed by atoms with Crippen LogP contribution in [0.1, 0.15) is 35.2 Å². The molecule has 0 saturated carbocycles. The molecular formula is C27H22F3N9. The zero-order valence-corrected chi connectivity index (χ0v) is 20.9. The second-order valence-electron chi connectivity index (χ2n) is 9.77. The van der Waals surface area contributed by atoms with Gasteiger partial charge in [-0.3, -0.25) is 0 Å². The van der Waals surface area contributed by atoms with Crippen LogP contribution in [0.3, 0.4) is 0 Å². The van der Waals surface area contributed by atoms with E-state index in [-0.39, 0.29) is 23.8 Å². The van der Waals surface area contributed by atoms with E-state index < -0.39 is 18.3 Å². The molecule has 0 spiro atoms. The number of hydrogen-bond acceptors (Lipinski definition) is 6. The van der Waals surface area contributed by atoms with Crippen LogP contribution in [0.4, 0.5) is 19.0 Å². The van der Waals surface area contributed by atoms with Crippen molar-refractivity contribution in [2.24, 2.45) is 0 Å². The lowest BCUT2D eigenvalue weighted by Gasteiger charge is -2.33. The number of halogens is 3. The second kappa shape index (κ2) is 8.38. The van der Waals surface area contributed by atoms with Gasteiger partial charge in [0.2, 0.25) is 5.82 Å². The van der Waals surface area contributed by atoms with E-state index in [1.165, 1.54) is 10.8 Å². The van der Waals surface area contributed by atoms with Crippen LogP contribution in [0.15, 0.2) is 67.1 Å². The summed E-state index contributed by atoms with van der Waals surface area (Å²) in [6.45, 7) is 3.93. The molecule has 1 N–H and O–H groups in total. The van der Waals surface area contributed by atoms with Crippen LogP contribution in [0.2, 0.25) is 0 Å². The van der Waals surface area contributed by atoms with Gasteiger partial charge in [0.05, 0.1) is 23.3 Å². The van der Waals surface area contributed by atoms with Crippen molar-refractivity contribution in [2.75, 3.05) is 5.32 Å². The smallest absolute Gasteiger partial charge is 0.363 e. The van der Waals surface area contributed by atoms with Gasteiger partial charge < -0.3 is 5.32 Å². The highest BCUT2D eigenvalue weighted by Gasteiger charge is 2.46. The fourth-order valence-corrected chi connectivity index (χ4v) is 5.07. The van der Waals surface area contributed by atoms with Crippen LogP contribution in [0.5, 0.6) is 0 Å². The standard InChI is InChI=1S/C27H22F3N9/c1-15-8-9-17(10-16(15)2)20-11-22(27(28,29)30)39-23(33-20)12-21(35-39)24-34-26-19-13-32-38(18-6-4-3-5-7-18)25(19)31-14-37(26)36-24/h3-10,12-14,20,22,33H,11H2,1-2H3. The summed E-state index contributed by atoms with van der Waals surface area (Å²) in [7, 11) is 0. The third-order valence-electron chi connectivity index (χ3n) is 7.26. The SMILES string of the molecule is Cc1ccc(C2CC(C(F)(F)F)n3nc(-c4nc5c6cnn(-c7ccccc7)c6ncn5n4)cc3N2)cc1C. The van der Waals surface area contributed by atoms with E-state index in [4.69, 9.17) is 0 Å². The zero-order valence-electron chi connectivity index (χ0n) is 20.9. The maximum atomic E-state index is 14.2. The molecule has 4 aromatic heterocycles. The van der Waals surface area contributed by atoms with E-state index in [1.54, 1.807) is 16.9 Å². The lowest BCUT2D eigenvalue weighted by Crippen LogP contribution is -2.35. The quantitative estimate of drug-likeness (QED) is 0.321. The number of rotatable bonds is 3. The molecule has 196 valence electrons. The summed E-state index contributed by atoms with van der Waals surface area (Å²) >= 11 is 0. The number of benzene rings is 2. The molecule has 2 aromatic carbocycles. The van der Waals surface area contributed by atoms with Gasteiger partial charge in [-0.05, 0) is 42.7 Å². The molecule has 2 unspecified atom stereocenters. The molecule has 2 atom stereocenters. The first-order chi connectivity index (χ1) is 18.8. The molecule has 12 heteroatoms. The minimum atomic E-state index is -4.48. The molecule has 0 fully saturated rings. The molecule has 0 bridgehead atoms. The van der Waals surface area contributed by atoms with Gasteiger partial charge in [0.25, 0.3) is 0 Å². The highest BCUT2D eigenvalue weighted by Crippen LogP contribution is 2.44. The van der Waals surface area contributed by atoms with Crippen molar-refractivity contribution in [2.45, 2.75) is 38.5 Å². The number of alkyl halides is 3. The Hall–Kier alpha value is -4.74. The molecule has 5 heterocycles. The van der Waals surface area contributed by atoms with Crippen molar-refractivity contribution in [3.63, 3.8) is 0 Å². The van der Waals surface area contributed by atoms with Crippen LogP contribution >= 0.6 is 0 Å². The number of nitrogens with zero attached hydrogens (tertiary/aromatic N) is 8. The molecule has 0 radical (unpaired) electrons. The van der Waals surface area contributed by atoms with Crippen molar-refractivity contribution in [3.8, 4) is 17.2 Å².